The van der Waals surface area contributed by atoms with Gasteiger partial charge in [-0.05, 0) is 18.4 Å². The lowest BCUT2D eigenvalue weighted by Gasteiger charge is -2.31. The lowest BCUT2D eigenvalue weighted by atomic mass is 9.88. The highest BCUT2D eigenvalue weighted by atomic mass is 16.1. The number of likely N-dealkylation sites (tertiary alicyclic amines) is 1. The van der Waals surface area contributed by atoms with E-state index in [2.05, 4.69) is 57.4 Å². The van der Waals surface area contributed by atoms with Crippen LogP contribution >= 0.6 is 0 Å². The molecule has 1 aromatic heterocycles. The summed E-state index contributed by atoms with van der Waals surface area (Å²) in [7, 11) is 0. The molecular formula is C22H28N4O. The first kappa shape index (κ1) is 18.1. The average molecular weight is 364 g/mol. The number of fused-ring (bicyclic) bond motifs is 1. The third kappa shape index (κ3) is 4.03. The molecule has 0 saturated carbocycles. The first-order valence-corrected chi connectivity index (χ1v) is 10.1. The van der Waals surface area contributed by atoms with Crippen LogP contribution in [-0.2, 0) is 17.8 Å². The Balaban J connectivity index is 1.59. The number of aromatic nitrogens is 2. The van der Waals surface area contributed by atoms with Crippen molar-refractivity contribution >= 4 is 5.91 Å². The quantitative estimate of drug-likeness (QED) is 0.906. The maximum Gasteiger partial charge on any atom is 0.220 e. The number of benzene rings is 1. The van der Waals surface area contributed by atoms with Crippen molar-refractivity contribution < 1.29 is 4.79 Å². The smallest absolute Gasteiger partial charge is 0.220 e. The second-order valence-electron chi connectivity index (χ2n) is 7.71. The van der Waals surface area contributed by atoms with Gasteiger partial charge in [0.15, 0.2) is 0 Å². The zero-order valence-corrected chi connectivity index (χ0v) is 16.0. The van der Waals surface area contributed by atoms with E-state index in [-0.39, 0.29) is 11.9 Å². The summed E-state index contributed by atoms with van der Waals surface area (Å²) in [5.41, 5.74) is 2.46. The van der Waals surface area contributed by atoms with E-state index >= 15 is 0 Å². The fraction of sp³-hybridized carbons (Fsp3) is 0.500. The van der Waals surface area contributed by atoms with E-state index in [1.165, 1.54) is 5.56 Å². The molecule has 5 nitrogen and oxygen atoms in total. The van der Waals surface area contributed by atoms with Crippen LogP contribution in [-0.4, -0.2) is 39.4 Å². The summed E-state index contributed by atoms with van der Waals surface area (Å²) in [6, 6.07) is 11.2. The largest absolute Gasteiger partial charge is 0.351 e. The summed E-state index contributed by atoms with van der Waals surface area (Å²) < 4.78 is 0. The van der Waals surface area contributed by atoms with E-state index in [9.17, 15) is 4.79 Å². The zero-order valence-electron chi connectivity index (χ0n) is 16.0. The summed E-state index contributed by atoms with van der Waals surface area (Å²) in [6.07, 6.45) is 8.64. The van der Waals surface area contributed by atoms with Crippen LogP contribution in [0.3, 0.4) is 0 Å². The van der Waals surface area contributed by atoms with Crippen molar-refractivity contribution in [2.75, 3.05) is 6.54 Å². The summed E-state index contributed by atoms with van der Waals surface area (Å²) in [6.45, 7) is 3.86. The Morgan fingerprint density at radius 3 is 2.67 bits per heavy atom. The maximum atomic E-state index is 12.3. The normalized spacial score (nSPS) is 26.1. The fourth-order valence-corrected chi connectivity index (χ4v) is 4.53. The van der Waals surface area contributed by atoms with E-state index in [4.69, 9.17) is 0 Å². The van der Waals surface area contributed by atoms with Crippen LogP contribution in [0.1, 0.15) is 55.5 Å². The maximum absolute atomic E-state index is 12.3. The molecule has 27 heavy (non-hydrogen) atoms. The number of carbonyl (C=O) groups is 1. The van der Waals surface area contributed by atoms with Gasteiger partial charge < -0.3 is 5.32 Å². The van der Waals surface area contributed by atoms with Crippen molar-refractivity contribution in [3.63, 3.8) is 0 Å². The molecule has 4 rings (SSSR count). The number of aryl methyl sites for hydroxylation is 1. The van der Waals surface area contributed by atoms with Crippen LogP contribution in [0.25, 0.3) is 0 Å². The van der Waals surface area contributed by atoms with Gasteiger partial charge in [0.1, 0.15) is 5.82 Å². The van der Waals surface area contributed by atoms with E-state index in [0.717, 1.165) is 50.2 Å². The SMILES string of the molecule is CCc1ncc(CN2C[C@@H](c3ccccc3)[C@@H]3NC(=O)CCCC[C@H]32)cn1. The number of nitrogens with zero attached hydrogens (tertiary/aromatic N) is 3. The van der Waals surface area contributed by atoms with Gasteiger partial charge in [-0.3, -0.25) is 9.69 Å². The Kier molecular flexibility index (Phi) is 5.48. The molecule has 0 radical (unpaired) electrons. The summed E-state index contributed by atoms with van der Waals surface area (Å²) >= 11 is 0. The summed E-state index contributed by atoms with van der Waals surface area (Å²) in [5, 5.41) is 3.35. The van der Waals surface area contributed by atoms with E-state index < -0.39 is 0 Å². The number of hydrogen-bond donors (Lipinski definition) is 1. The third-order valence-electron chi connectivity index (χ3n) is 5.92. The Hall–Kier alpha value is -2.27. The van der Waals surface area contributed by atoms with Crippen molar-refractivity contribution in [3.8, 4) is 0 Å². The molecule has 2 aliphatic rings. The monoisotopic (exact) mass is 364 g/mol. The molecule has 3 atom stereocenters. The number of nitrogens with one attached hydrogen (secondary N) is 1. The molecule has 142 valence electrons. The van der Waals surface area contributed by atoms with Crippen LogP contribution in [0.15, 0.2) is 42.7 Å². The number of carbonyl (C=O) groups excluding carboxylic acids is 1. The molecule has 0 aliphatic carbocycles. The molecular weight excluding hydrogens is 336 g/mol. The Labute approximate surface area is 161 Å². The molecule has 2 aromatic rings. The van der Waals surface area contributed by atoms with E-state index in [0.29, 0.717) is 18.4 Å². The second kappa shape index (κ2) is 8.17. The van der Waals surface area contributed by atoms with Gasteiger partial charge in [-0.2, -0.15) is 0 Å². The second-order valence-corrected chi connectivity index (χ2v) is 7.71. The molecule has 0 unspecified atom stereocenters. The van der Waals surface area contributed by atoms with Crippen molar-refractivity contribution in [2.24, 2.45) is 0 Å². The average Bonchev–Trinajstić information content (AvgIpc) is 3.01. The Morgan fingerprint density at radius 1 is 1.15 bits per heavy atom. The topological polar surface area (TPSA) is 58.1 Å². The highest BCUT2D eigenvalue weighted by molar-refractivity contribution is 5.76. The van der Waals surface area contributed by atoms with Crippen LogP contribution in [0, 0.1) is 0 Å². The van der Waals surface area contributed by atoms with Crippen molar-refractivity contribution in [3.05, 3.63) is 59.7 Å². The lowest BCUT2D eigenvalue weighted by molar-refractivity contribution is -0.122. The van der Waals surface area contributed by atoms with Crippen molar-refractivity contribution in [1.29, 1.82) is 0 Å². The minimum absolute atomic E-state index is 0.177. The number of rotatable bonds is 4. The predicted octanol–water partition coefficient (Wildman–Crippen LogP) is 3.07. The molecule has 0 spiro atoms. The van der Waals surface area contributed by atoms with Gasteiger partial charge in [0.05, 0.1) is 6.04 Å². The van der Waals surface area contributed by atoms with E-state index in [1.54, 1.807) is 0 Å². The third-order valence-corrected chi connectivity index (χ3v) is 5.92. The Morgan fingerprint density at radius 2 is 1.93 bits per heavy atom. The molecule has 0 bridgehead atoms. The van der Waals surface area contributed by atoms with Crippen LogP contribution in [0.4, 0.5) is 0 Å². The molecule has 2 fully saturated rings. The molecule has 3 heterocycles. The van der Waals surface area contributed by atoms with Crippen LogP contribution < -0.4 is 5.32 Å². The van der Waals surface area contributed by atoms with Crippen LogP contribution in [0.5, 0.6) is 0 Å². The van der Waals surface area contributed by atoms with E-state index in [1.807, 2.05) is 12.4 Å². The fourth-order valence-electron chi connectivity index (χ4n) is 4.53. The summed E-state index contributed by atoms with van der Waals surface area (Å²) in [4.78, 5) is 23.8. The molecule has 2 saturated heterocycles. The first-order valence-electron chi connectivity index (χ1n) is 10.1. The van der Waals surface area contributed by atoms with Crippen molar-refractivity contribution in [2.45, 2.75) is 63.6 Å². The summed E-state index contributed by atoms with van der Waals surface area (Å²) in [5.74, 6) is 1.41. The molecule has 2 aliphatic heterocycles. The molecule has 1 amide bonds. The van der Waals surface area contributed by atoms with Gasteiger partial charge in [0.2, 0.25) is 5.91 Å². The number of amides is 1. The van der Waals surface area contributed by atoms with Crippen LogP contribution in [0.2, 0.25) is 0 Å². The number of hydrogen-bond acceptors (Lipinski definition) is 4. The van der Waals surface area contributed by atoms with Gasteiger partial charge in [-0.1, -0.05) is 43.7 Å². The highest BCUT2D eigenvalue weighted by Crippen LogP contribution is 2.36. The van der Waals surface area contributed by atoms with Gasteiger partial charge in [-0.25, -0.2) is 9.97 Å². The predicted molar refractivity (Wildman–Crippen MR) is 105 cm³/mol. The molecule has 5 heteroatoms. The van der Waals surface area contributed by atoms with Gasteiger partial charge in [-0.15, -0.1) is 0 Å². The minimum Gasteiger partial charge on any atom is -0.351 e. The minimum atomic E-state index is 0.177. The van der Waals surface area contributed by atoms with Gasteiger partial charge in [0.25, 0.3) is 0 Å². The first-order chi connectivity index (χ1) is 13.2. The zero-order chi connectivity index (χ0) is 18.6. The van der Waals surface area contributed by atoms with Gasteiger partial charge in [0, 0.05) is 55.8 Å². The molecule has 1 aromatic carbocycles. The highest BCUT2D eigenvalue weighted by Gasteiger charge is 2.43. The lowest BCUT2D eigenvalue weighted by Crippen LogP contribution is -2.47. The van der Waals surface area contributed by atoms with Gasteiger partial charge >= 0.3 is 0 Å². The Bertz CT molecular complexity index is 762. The standard InChI is InChI=1S/C22H28N4O/c1-2-20-23-12-16(13-24-20)14-26-15-18(17-8-4-3-5-9-17)22-19(26)10-6-7-11-21(27)25-22/h3-5,8-9,12-13,18-19,22H,2,6-7,10-11,14-15H2,1H3,(H,25,27)/t18-,19+,22-/m0/s1. The van der Waals surface area contributed by atoms with Crippen molar-refractivity contribution in [1.82, 2.24) is 20.2 Å². The molecule has 1 N–H and O–H groups in total.